The number of rotatable bonds is 8. The molecular weight excluding hydrogens is 366 g/mol. The second kappa shape index (κ2) is 9.34. The van der Waals surface area contributed by atoms with Gasteiger partial charge in [-0.1, -0.05) is 42.5 Å². The number of methoxy groups -OCH3 is 1. The molecule has 0 amide bonds. The van der Waals surface area contributed by atoms with Gasteiger partial charge in [-0.2, -0.15) is 0 Å². The van der Waals surface area contributed by atoms with Crippen molar-refractivity contribution in [2.75, 3.05) is 20.3 Å². The average molecular weight is 392 g/mol. The first-order chi connectivity index (χ1) is 14.3. The van der Waals surface area contributed by atoms with Crippen LogP contribution in [0.1, 0.15) is 11.1 Å². The van der Waals surface area contributed by atoms with Gasteiger partial charge < -0.3 is 24.3 Å². The summed E-state index contributed by atoms with van der Waals surface area (Å²) in [6.07, 6.45) is 0.0388. The van der Waals surface area contributed by atoms with E-state index in [4.69, 9.17) is 18.9 Å². The first kappa shape index (κ1) is 19.2. The van der Waals surface area contributed by atoms with Crippen molar-refractivity contribution in [2.24, 2.45) is 0 Å². The molecule has 0 bridgehead atoms. The number of fused-ring (bicyclic) bond motifs is 1. The minimum Gasteiger partial charge on any atom is -0.493 e. The van der Waals surface area contributed by atoms with E-state index in [1.807, 2.05) is 54.6 Å². The lowest BCUT2D eigenvalue weighted by molar-refractivity contribution is -0.676. The van der Waals surface area contributed by atoms with Gasteiger partial charge >= 0.3 is 0 Å². The number of para-hydroxylation sites is 2. The first-order valence-electron chi connectivity index (χ1n) is 9.85. The van der Waals surface area contributed by atoms with Crippen LogP contribution >= 0.6 is 0 Å². The molecule has 0 aliphatic carbocycles. The SMILES string of the molecule is COc1ccc(C[NH2+]C[C@H]2COc3ccccc3O2)cc1OCc1ccccc1. The molecule has 150 valence electrons. The molecule has 1 aliphatic heterocycles. The van der Waals surface area contributed by atoms with Crippen LogP contribution in [-0.4, -0.2) is 26.4 Å². The normalized spacial score (nSPS) is 15.0. The van der Waals surface area contributed by atoms with Gasteiger partial charge in [0.2, 0.25) is 0 Å². The molecule has 2 N–H and O–H groups in total. The maximum Gasteiger partial charge on any atom is 0.181 e. The summed E-state index contributed by atoms with van der Waals surface area (Å²) in [4.78, 5) is 0. The molecular formula is C24H26NO4+. The monoisotopic (exact) mass is 392 g/mol. The molecule has 0 radical (unpaired) electrons. The highest BCUT2D eigenvalue weighted by atomic mass is 16.6. The Balaban J connectivity index is 1.32. The fraction of sp³-hybridized carbons (Fsp3) is 0.250. The van der Waals surface area contributed by atoms with Crippen LogP contribution < -0.4 is 24.3 Å². The van der Waals surface area contributed by atoms with E-state index >= 15 is 0 Å². The zero-order valence-corrected chi connectivity index (χ0v) is 16.5. The number of ether oxygens (including phenoxy) is 4. The molecule has 3 aromatic rings. The Kier molecular flexibility index (Phi) is 6.17. The van der Waals surface area contributed by atoms with Crippen molar-refractivity contribution in [3.05, 3.63) is 83.9 Å². The maximum absolute atomic E-state index is 6.02. The molecule has 1 aliphatic rings. The van der Waals surface area contributed by atoms with E-state index in [9.17, 15) is 0 Å². The summed E-state index contributed by atoms with van der Waals surface area (Å²) in [6.45, 7) is 2.73. The number of hydrogen-bond acceptors (Lipinski definition) is 4. The average Bonchev–Trinajstić information content (AvgIpc) is 2.78. The fourth-order valence-electron chi connectivity index (χ4n) is 3.31. The quantitative estimate of drug-likeness (QED) is 0.640. The lowest BCUT2D eigenvalue weighted by Gasteiger charge is -2.25. The van der Waals surface area contributed by atoms with Crippen molar-refractivity contribution in [1.82, 2.24) is 0 Å². The van der Waals surface area contributed by atoms with Crippen molar-refractivity contribution in [1.29, 1.82) is 0 Å². The van der Waals surface area contributed by atoms with E-state index in [1.165, 1.54) is 5.56 Å². The topological polar surface area (TPSA) is 53.5 Å². The summed E-state index contributed by atoms with van der Waals surface area (Å²) in [5.41, 5.74) is 2.30. The summed E-state index contributed by atoms with van der Waals surface area (Å²) in [7, 11) is 1.66. The first-order valence-corrected chi connectivity index (χ1v) is 9.85. The van der Waals surface area contributed by atoms with Gasteiger partial charge in [-0.15, -0.1) is 0 Å². The van der Waals surface area contributed by atoms with E-state index in [0.717, 1.165) is 41.7 Å². The van der Waals surface area contributed by atoms with Gasteiger partial charge in [-0.05, 0) is 35.9 Å². The highest BCUT2D eigenvalue weighted by Crippen LogP contribution is 2.31. The molecule has 1 heterocycles. The number of quaternary nitrogens is 1. The predicted octanol–water partition coefficient (Wildman–Crippen LogP) is 3.18. The van der Waals surface area contributed by atoms with Crippen molar-refractivity contribution >= 4 is 0 Å². The molecule has 0 fully saturated rings. The summed E-state index contributed by atoms with van der Waals surface area (Å²) >= 11 is 0. The van der Waals surface area contributed by atoms with E-state index in [-0.39, 0.29) is 6.10 Å². The van der Waals surface area contributed by atoms with Crippen molar-refractivity contribution in [3.8, 4) is 23.0 Å². The molecule has 0 unspecified atom stereocenters. The van der Waals surface area contributed by atoms with Gasteiger partial charge in [0.15, 0.2) is 29.1 Å². The van der Waals surface area contributed by atoms with Crippen molar-refractivity contribution < 1.29 is 24.3 Å². The highest BCUT2D eigenvalue weighted by Gasteiger charge is 2.21. The lowest BCUT2D eigenvalue weighted by atomic mass is 10.2. The Bertz CT molecular complexity index is 929. The van der Waals surface area contributed by atoms with Gasteiger partial charge in [-0.25, -0.2) is 0 Å². The lowest BCUT2D eigenvalue weighted by Crippen LogP contribution is -2.85. The summed E-state index contributed by atoms with van der Waals surface area (Å²) in [5, 5.41) is 2.23. The minimum atomic E-state index is 0.0388. The van der Waals surface area contributed by atoms with Crippen LogP contribution in [-0.2, 0) is 13.2 Å². The minimum absolute atomic E-state index is 0.0388. The largest absolute Gasteiger partial charge is 0.493 e. The standard InChI is InChI=1S/C24H25NO4/c1-26-21-12-11-19(13-24(21)27-16-18-7-3-2-4-8-18)14-25-15-20-17-28-22-9-5-6-10-23(22)29-20/h2-13,20,25H,14-17H2,1H3/p+1/t20-/m0/s1. The van der Waals surface area contributed by atoms with Crippen LogP contribution in [0.5, 0.6) is 23.0 Å². The zero-order valence-electron chi connectivity index (χ0n) is 16.5. The van der Waals surface area contributed by atoms with Crippen LogP contribution in [0, 0.1) is 0 Å². The molecule has 0 saturated carbocycles. The Hall–Kier alpha value is -3.18. The maximum atomic E-state index is 6.02. The summed E-state index contributed by atoms with van der Waals surface area (Å²) in [5.74, 6) is 3.14. The Morgan fingerprint density at radius 1 is 0.897 bits per heavy atom. The third kappa shape index (κ3) is 5.00. The second-order valence-corrected chi connectivity index (χ2v) is 6.99. The predicted molar refractivity (Wildman–Crippen MR) is 111 cm³/mol. The van der Waals surface area contributed by atoms with E-state index in [1.54, 1.807) is 7.11 Å². The molecule has 0 spiro atoms. The van der Waals surface area contributed by atoms with Crippen LogP contribution in [0.25, 0.3) is 0 Å². The summed E-state index contributed by atoms with van der Waals surface area (Å²) < 4.78 is 23.3. The number of hydrogen-bond donors (Lipinski definition) is 1. The molecule has 5 heteroatoms. The van der Waals surface area contributed by atoms with Crippen LogP contribution in [0.3, 0.4) is 0 Å². The molecule has 5 nitrogen and oxygen atoms in total. The molecule has 1 atom stereocenters. The Morgan fingerprint density at radius 2 is 1.69 bits per heavy atom. The van der Waals surface area contributed by atoms with E-state index in [2.05, 4.69) is 23.5 Å². The van der Waals surface area contributed by atoms with Gasteiger partial charge in [0.1, 0.15) is 26.3 Å². The van der Waals surface area contributed by atoms with Crippen LogP contribution in [0.2, 0.25) is 0 Å². The molecule has 0 aromatic heterocycles. The van der Waals surface area contributed by atoms with Crippen molar-refractivity contribution in [3.63, 3.8) is 0 Å². The van der Waals surface area contributed by atoms with E-state index < -0.39 is 0 Å². The second-order valence-electron chi connectivity index (χ2n) is 6.99. The number of benzene rings is 3. The Labute approximate surface area is 171 Å². The number of nitrogens with two attached hydrogens (primary N) is 1. The van der Waals surface area contributed by atoms with Gasteiger partial charge in [0, 0.05) is 5.56 Å². The third-order valence-corrected chi connectivity index (χ3v) is 4.84. The summed E-state index contributed by atoms with van der Waals surface area (Å²) in [6, 6.07) is 24.0. The third-order valence-electron chi connectivity index (χ3n) is 4.84. The fourth-order valence-corrected chi connectivity index (χ4v) is 3.31. The van der Waals surface area contributed by atoms with Gasteiger partial charge in [0.25, 0.3) is 0 Å². The molecule has 29 heavy (non-hydrogen) atoms. The van der Waals surface area contributed by atoms with Gasteiger partial charge in [0.05, 0.1) is 7.11 Å². The van der Waals surface area contributed by atoms with E-state index in [0.29, 0.717) is 13.2 Å². The zero-order chi connectivity index (χ0) is 19.9. The molecule has 3 aromatic carbocycles. The van der Waals surface area contributed by atoms with Crippen molar-refractivity contribution in [2.45, 2.75) is 19.3 Å². The van der Waals surface area contributed by atoms with Gasteiger partial charge in [-0.3, -0.25) is 0 Å². The highest BCUT2D eigenvalue weighted by molar-refractivity contribution is 5.43. The smallest absolute Gasteiger partial charge is 0.181 e. The van der Waals surface area contributed by atoms with Crippen LogP contribution in [0.15, 0.2) is 72.8 Å². The van der Waals surface area contributed by atoms with Crippen LogP contribution in [0.4, 0.5) is 0 Å². The molecule has 0 saturated heterocycles. The Morgan fingerprint density at radius 3 is 2.52 bits per heavy atom. The molecule has 4 rings (SSSR count).